The van der Waals surface area contributed by atoms with Gasteiger partial charge in [-0.3, -0.25) is 14.9 Å². The van der Waals surface area contributed by atoms with Crippen molar-refractivity contribution in [3.63, 3.8) is 0 Å². The Kier molecular flexibility index (Phi) is 3.68. The zero-order chi connectivity index (χ0) is 18.4. The van der Waals surface area contributed by atoms with Crippen molar-refractivity contribution in [1.29, 1.82) is 0 Å². The molecule has 0 saturated heterocycles. The van der Waals surface area contributed by atoms with E-state index >= 15 is 0 Å². The SMILES string of the molecule is COc1cc([C@H]2Nc3ccccc3C(=O)N2C2CC2)cc([N+](=O)[O-])c1[O-]. The molecule has 1 aliphatic heterocycles. The summed E-state index contributed by atoms with van der Waals surface area (Å²) in [5.41, 5.74) is 1.11. The number of nitrogens with one attached hydrogen (secondary N) is 1. The monoisotopic (exact) mass is 354 g/mol. The average Bonchev–Trinajstić information content (AvgIpc) is 3.46. The lowest BCUT2D eigenvalue weighted by Crippen LogP contribution is -2.44. The molecule has 1 atom stereocenters. The van der Waals surface area contributed by atoms with Crippen LogP contribution in [0.3, 0.4) is 0 Å². The molecule has 0 radical (unpaired) electrons. The fraction of sp³-hybridized carbons (Fsp3) is 0.278. The molecule has 4 rings (SSSR count). The highest BCUT2D eigenvalue weighted by Crippen LogP contribution is 2.44. The molecule has 2 aromatic rings. The molecule has 1 aliphatic carbocycles. The van der Waals surface area contributed by atoms with Crippen molar-refractivity contribution in [2.75, 3.05) is 12.4 Å². The van der Waals surface area contributed by atoms with E-state index in [0.29, 0.717) is 16.8 Å². The number of rotatable bonds is 4. The first kappa shape index (κ1) is 16.2. The van der Waals surface area contributed by atoms with Crippen LogP contribution in [0.2, 0.25) is 0 Å². The van der Waals surface area contributed by atoms with Gasteiger partial charge in [-0.1, -0.05) is 12.1 Å². The van der Waals surface area contributed by atoms with Crippen molar-refractivity contribution >= 4 is 17.3 Å². The Morgan fingerprint density at radius 3 is 2.65 bits per heavy atom. The van der Waals surface area contributed by atoms with Crippen molar-refractivity contribution in [1.82, 2.24) is 4.90 Å². The van der Waals surface area contributed by atoms with Gasteiger partial charge >= 0.3 is 0 Å². The molecule has 8 nitrogen and oxygen atoms in total. The summed E-state index contributed by atoms with van der Waals surface area (Å²) in [6.45, 7) is 0. The number of anilines is 1. The number of nitro benzene ring substituents is 1. The number of fused-ring (bicyclic) bond motifs is 1. The Labute approximate surface area is 149 Å². The third-order valence-corrected chi connectivity index (χ3v) is 4.69. The topological polar surface area (TPSA) is 108 Å². The van der Waals surface area contributed by atoms with Gasteiger partial charge < -0.3 is 20.1 Å². The number of benzene rings is 2. The second-order valence-electron chi connectivity index (χ2n) is 6.36. The van der Waals surface area contributed by atoms with Gasteiger partial charge in [0, 0.05) is 29.1 Å². The summed E-state index contributed by atoms with van der Waals surface area (Å²) in [5, 5.41) is 26.6. The van der Waals surface area contributed by atoms with E-state index in [1.807, 2.05) is 6.07 Å². The van der Waals surface area contributed by atoms with E-state index in [1.54, 1.807) is 23.1 Å². The molecule has 26 heavy (non-hydrogen) atoms. The highest BCUT2D eigenvalue weighted by atomic mass is 16.6. The molecule has 0 unspecified atom stereocenters. The van der Waals surface area contributed by atoms with Crippen LogP contribution >= 0.6 is 0 Å². The highest BCUT2D eigenvalue weighted by Gasteiger charge is 2.42. The van der Waals surface area contributed by atoms with Crippen LogP contribution in [0.4, 0.5) is 11.4 Å². The third kappa shape index (κ3) is 2.50. The molecule has 2 aliphatic rings. The number of nitrogens with zero attached hydrogens (tertiary/aromatic N) is 2. The predicted octanol–water partition coefficient (Wildman–Crippen LogP) is 2.41. The molecule has 0 bridgehead atoms. The van der Waals surface area contributed by atoms with Gasteiger partial charge in [-0.05, 0) is 31.0 Å². The lowest BCUT2D eigenvalue weighted by molar-refractivity contribution is -0.398. The first-order valence-electron chi connectivity index (χ1n) is 8.23. The van der Waals surface area contributed by atoms with E-state index in [1.165, 1.54) is 19.2 Å². The van der Waals surface area contributed by atoms with E-state index in [4.69, 9.17) is 4.74 Å². The number of carbonyl (C=O) groups excluding carboxylic acids is 1. The lowest BCUT2D eigenvalue weighted by atomic mass is 10.0. The van der Waals surface area contributed by atoms with E-state index < -0.39 is 22.5 Å². The number of hydrogen-bond acceptors (Lipinski definition) is 6. The van der Waals surface area contributed by atoms with E-state index in [0.717, 1.165) is 12.8 Å². The third-order valence-electron chi connectivity index (χ3n) is 4.69. The van der Waals surface area contributed by atoms with Gasteiger partial charge in [-0.25, -0.2) is 0 Å². The zero-order valence-electron chi connectivity index (χ0n) is 14.0. The number of methoxy groups -OCH3 is 1. The van der Waals surface area contributed by atoms with Gasteiger partial charge in [-0.2, -0.15) is 0 Å². The lowest BCUT2D eigenvalue weighted by Gasteiger charge is -2.38. The van der Waals surface area contributed by atoms with Crippen molar-refractivity contribution in [2.45, 2.75) is 25.0 Å². The Morgan fingerprint density at radius 2 is 2.00 bits per heavy atom. The van der Waals surface area contributed by atoms with Crippen LogP contribution in [0.5, 0.6) is 11.5 Å². The molecule has 1 fully saturated rings. The molecular weight excluding hydrogens is 338 g/mol. The number of hydrogen-bond donors (Lipinski definition) is 1. The van der Waals surface area contributed by atoms with Crippen LogP contribution in [0.1, 0.15) is 34.9 Å². The summed E-state index contributed by atoms with van der Waals surface area (Å²) < 4.78 is 5.03. The normalized spacial score (nSPS) is 18.9. The van der Waals surface area contributed by atoms with Crippen LogP contribution in [0.25, 0.3) is 0 Å². The maximum absolute atomic E-state index is 13.0. The molecule has 0 spiro atoms. The largest absolute Gasteiger partial charge is 0.865 e. The Hall–Kier alpha value is -3.29. The average molecular weight is 354 g/mol. The first-order valence-corrected chi connectivity index (χ1v) is 8.23. The van der Waals surface area contributed by atoms with Crippen LogP contribution in [0.15, 0.2) is 36.4 Å². The molecule has 1 heterocycles. The van der Waals surface area contributed by atoms with Gasteiger partial charge in [0.15, 0.2) is 0 Å². The van der Waals surface area contributed by atoms with E-state index in [9.17, 15) is 20.0 Å². The zero-order valence-corrected chi connectivity index (χ0v) is 14.0. The van der Waals surface area contributed by atoms with Gasteiger partial charge in [0.2, 0.25) is 0 Å². The fourth-order valence-electron chi connectivity index (χ4n) is 3.30. The molecule has 2 aromatic carbocycles. The molecule has 1 saturated carbocycles. The molecule has 8 heteroatoms. The van der Waals surface area contributed by atoms with Gasteiger partial charge in [0.05, 0.1) is 17.6 Å². The summed E-state index contributed by atoms with van der Waals surface area (Å²) in [7, 11) is 1.29. The van der Waals surface area contributed by atoms with Gasteiger partial charge in [0.1, 0.15) is 11.9 Å². The standard InChI is InChI=1S/C18H17N3O5/c1-26-15-9-10(8-14(16(15)22)21(24)25)17-19-13-5-3-2-4-12(13)18(23)20(17)11-6-7-11/h2-5,8-9,11,17,19,22H,6-7H2,1H3/p-1/t17-/m0/s1. The number of carbonyl (C=O) groups is 1. The summed E-state index contributed by atoms with van der Waals surface area (Å²) in [6, 6.07) is 9.91. The molecule has 1 amide bonds. The summed E-state index contributed by atoms with van der Waals surface area (Å²) in [6.07, 6.45) is 1.16. The summed E-state index contributed by atoms with van der Waals surface area (Å²) in [4.78, 5) is 25.2. The van der Waals surface area contributed by atoms with E-state index in [2.05, 4.69) is 5.32 Å². The second kappa shape index (κ2) is 5.91. The Morgan fingerprint density at radius 1 is 1.27 bits per heavy atom. The maximum Gasteiger partial charge on any atom is 0.265 e. The molecular formula is C18H16N3O5-. The quantitative estimate of drug-likeness (QED) is 0.667. The number of amides is 1. The predicted molar refractivity (Wildman–Crippen MR) is 91.1 cm³/mol. The van der Waals surface area contributed by atoms with Crippen LogP contribution in [-0.4, -0.2) is 28.9 Å². The highest BCUT2D eigenvalue weighted by molar-refractivity contribution is 6.02. The molecule has 134 valence electrons. The summed E-state index contributed by atoms with van der Waals surface area (Å²) in [5.74, 6) is -1.01. The van der Waals surface area contributed by atoms with Crippen LogP contribution in [0, 0.1) is 10.1 Å². The van der Waals surface area contributed by atoms with Crippen molar-refractivity contribution in [2.24, 2.45) is 0 Å². The number of para-hydroxylation sites is 1. The van der Waals surface area contributed by atoms with Crippen LogP contribution < -0.4 is 15.2 Å². The summed E-state index contributed by atoms with van der Waals surface area (Å²) >= 11 is 0. The van der Waals surface area contributed by atoms with Crippen molar-refractivity contribution in [3.05, 3.63) is 57.6 Å². The Bertz CT molecular complexity index is 910. The Balaban J connectivity index is 1.85. The molecule has 1 N–H and O–H groups in total. The second-order valence-corrected chi connectivity index (χ2v) is 6.36. The van der Waals surface area contributed by atoms with Crippen molar-refractivity contribution < 1.29 is 19.6 Å². The van der Waals surface area contributed by atoms with Gasteiger partial charge in [-0.15, -0.1) is 0 Å². The maximum atomic E-state index is 13.0. The minimum absolute atomic E-state index is 0.0744. The first-order chi connectivity index (χ1) is 12.5. The molecule has 0 aromatic heterocycles. The smallest absolute Gasteiger partial charge is 0.265 e. The number of nitro groups is 1. The number of ether oxygens (including phenoxy) is 1. The van der Waals surface area contributed by atoms with Crippen molar-refractivity contribution in [3.8, 4) is 11.5 Å². The van der Waals surface area contributed by atoms with Crippen LogP contribution in [-0.2, 0) is 0 Å². The fourth-order valence-corrected chi connectivity index (χ4v) is 3.30. The minimum Gasteiger partial charge on any atom is -0.865 e. The van der Waals surface area contributed by atoms with E-state index in [-0.39, 0.29) is 17.7 Å². The minimum atomic E-state index is -0.776. The van der Waals surface area contributed by atoms with Gasteiger partial charge in [0.25, 0.3) is 11.6 Å².